The van der Waals surface area contributed by atoms with Crippen LogP contribution in [0.3, 0.4) is 0 Å². The molecule has 0 saturated heterocycles. The summed E-state index contributed by atoms with van der Waals surface area (Å²) in [7, 11) is 0. The number of benzene rings is 2. The zero-order valence-corrected chi connectivity index (χ0v) is 13.0. The number of para-hydroxylation sites is 1. The maximum absolute atomic E-state index is 13.6. The van der Waals surface area contributed by atoms with Crippen LogP contribution in [0, 0.1) is 11.6 Å². The largest absolute Gasteiger partial charge is 0.348 e. The Labute approximate surface area is 142 Å². The Kier molecular flexibility index (Phi) is 4.94. The average Bonchev–Trinajstić information content (AvgIpc) is 2.63. The van der Waals surface area contributed by atoms with Crippen molar-refractivity contribution in [3.8, 4) is 0 Å². The molecule has 0 aliphatic carbocycles. The highest BCUT2D eigenvalue weighted by Gasteiger charge is 2.08. The third kappa shape index (κ3) is 4.35. The van der Waals surface area contributed by atoms with Crippen molar-refractivity contribution in [1.29, 1.82) is 0 Å². The van der Waals surface area contributed by atoms with E-state index in [-0.39, 0.29) is 35.5 Å². The Hall–Kier alpha value is -3.35. The first-order valence-electron chi connectivity index (χ1n) is 7.48. The first kappa shape index (κ1) is 16.5. The van der Waals surface area contributed by atoms with Gasteiger partial charge in [0.25, 0.3) is 5.91 Å². The molecule has 1 heterocycles. The zero-order chi connectivity index (χ0) is 17.6. The monoisotopic (exact) mass is 340 g/mol. The van der Waals surface area contributed by atoms with Crippen molar-refractivity contribution >= 4 is 17.5 Å². The van der Waals surface area contributed by atoms with E-state index in [1.807, 2.05) is 0 Å². The predicted molar refractivity (Wildman–Crippen MR) is 89.3 cm³/mol. The van der Waals surface area contributed by atoms with Gasteiger partial charge >= 0.3 is 0 Å². The van der Waals surface area contributed by atoms with Crippen LogP contribution in [0.15, 0.2) is 60.9 Å². The van der Waals surface area contributed by atoms with Crippen molar-refractivity contribution < 1.29 is 13.6 Å². The molecule has 5 nitrogen and oxygen atoms in total. The molecule has 1 amide bonds. The summed E-state index contributed by atoms with van der Waals surface area (Å²) in [6.45, 7) is 0.258. The molecule has 0 radical (unpaired) electrons. The average molecular weight is 340 g/mol. The minimum absolute atomic E-state index is 0.181. The van der Waals surface area contributed by atoms with Gasteiger partial charge in [-0.25, -0.2) is 18.7 Å². The highest BCUT2D eigenvalue weighted by Crippen LogP contribution is 2.16. The van der Waals surface area contributed by atoms with Gasteiger partial charge in [0, 0.05) is 18.9 Å². The molecule has 0 bridgehead atoms. The third-order valence-electron chi connectivity index (χ3n) is 3.40. The Morgan fingerprint density at radius 3 is 2.32 bits per heavy atom. The van der Waals surface area contributed by atoms with E-state index >= 15 is 0 Å². The lowest BCUT2D eigenvalue weighted by Gasteiger charge is -2.07. The van der Waals surface area contributed by atoms with Crippen LogP contribution >= 0.6 is 0 Å². The van der Waals surface area contributed by atoms with Crippen molar-refractivity contribution in [2.45, 2.75) is 6.54 Å². The molecule has 2 N–H and O–H groups in total. The van der Waals surface area contributed by atoms with Crippen molar-refractivity contribution in [2.75, 3.05) is 5.32 Å². The second-order valence-electron chi connectivity index (χ2n) is 5.21. The van der Waals surface area contributed by atoms with E-state index in [0.717, 1.165) is 5.56 Å². The molecule has 0 aliphatic rings. The van der Waals surface area contributed by atoms with Crippen molar-refractivity contribution in [2.24, 2.45) is 0 Å². The Balaban J connectivity index is 1.60. The molecule has 0 spiro atoms. The van der Waals surface area contributed by atoms with E-state index in [1.165, 1.54) is 30.6 Å². The number of nitrogens with zero attached hydrogens (tertiary/aromatic N) is 2. The lowest BCUT2D eigenvalue weighted by molar-refractivity contribution is 0.0950. The van der Waals surface area contributed by atoms with Crippen LogP contribution in [0.4, 0.5) is 20.4 Å². The summed E-state index contributed by atoms with van der Waals surface area (Å²) in [6.07, 6.45) is 2.69. The summed E-state index contributed by atoms with van der Waals surface area (Å²) >= 11 is 0. The summed E-state index contributed by atoms with van der Waals surface area (Å²) in [5.41, 5.74) is 1.28. The van der Waals surface area contributed by atoms with Crippen molar-refractivity contribution in [3.05, 3.63) is 83.7 Å². The van der Waals surface area contributed by atoms with Crippen LogP contribution < -0.4 is 10.6 Å². The lowest BCUT2D eigenvalue weighted by atomic mass is 10.2. The number of carbonyl (C=O) groups is 1. The van der Waals surface area contributed by atoms with Crippen LogP contribution in [0.1, 0.15) is 15.9 Å². The highest BCUT2D eigenvalue weighted by atomic mass is 19.1. The molecular weight excluding hydrogens is 326 g/mol. The highest BCUT2D eigenvalue weighted by molar-refractivity contribution is 5.93. The second-order valence-corrected chi connectivity index (χ2v) is 5.21. The van der Waals surface area contributed by atoms with Crippen LogP contribution in [-0.4, -0.2) is 15.9 Å². The number of halogens is 2. The van der Waals surface area contributed by atoms with Gasteiger partial charge in [0.1, 0.15) is 11.6 Å². The molecule has 0 atom stereocenters. The topological polar surface area (TPSA) is 66.9 Å². The fourth-order valence-electron chi connectivity index (χ4n) is 2.08. The van der Waals surface area contributed by atoms with Gasteiger partial charge in [-0.2, -0.15) is 0 Å². The molecule has 7 heteroatoms. The Morgan fingerprint density at radius 1 is 0.960 bits per heavy atom. The van der Waals surface area contributed by atoms with Crippen LogP contribution in [0.5, 0.6) is 0 Å². The summed E-state index contributed by atoms with van der Waals surface area (Å²) < 4.78 is 26.4. The number of aromatic nitrogens is 2. The normalized spacial score (nSPS) is 10.3. The fraction of sp³-hybridized carbons (Fsp3) is 0.0556. The molecule has 3 aromatic rings. The number of hydrogen-bond donors (Lipinski definition) is 2. The zero-order valence-electron chi connectivity index (χ0n) is 13.0. The van der Waals surface area contributed by atoms with E-state index in [9.17, 15) is 13.6 Å². The Bertz CT molecular complexity index is 867. The van der Waals surface area contributed by atoms with Crippen molar-refractivity contribution in [1.82, 2.24) is 15.3 Å². The van der Waals surface area contributed by atoms with E-state index in [0.29, 0.717) is 0 Å². The minimum Gasteiger partial charge on any atom is -0.348 e. The second kappa shape index (κ2) is 7.48. The molecule has 0 fully saturated rings. The molecule has 25 heavy (non-hydrogen) atoms. The maximum Gasteiger partial charge on any atom is 0.254 e. The van der Waals surface area contributed by atoms with Gasteiger partial charge in [0.2, 0.25) is 5.95 Å². The Morgan fingerprint density at radius 2 is 1.64 bits per heavy atom. The quantitative estimate of drug-likeness (QED) is 0.747. The lowest BCUT2D eigenvalue weighted by Crippen LogP contribution is -2.23. The number of rotatable bonds is 5. The standard InChI is InChI=1S/C18H14F2N4O/c19-14-7-5-12(6-8-14)9-21-17(25)13-10-22-18(23-11-13)24-16-4-2-1-3-15(16)20/h1-8,10-11H,9H2,(H,21,25)(H,22,23,24). The fourth-order valence-corrected chi connectivity index (χ4v) is 2.08. The van der Waals surface area contributed by atoms with Gasteiger partial charge in [-0.1, -0.05) is 24.3 Å². The van der Waals surface area contributed by atoms with Crippen molar-refractivity contribution in [3.63, 3.8) is 0 Å². The number of carbonyl (C=O) groups excluding carboxylic acids is 1. The summed E-state index contributed by atoms with van der Waals surface area (Å²) in [6, 6.07) is 12.0. The number of hydrogen-bond acceptors (Lipinski definition) is 4. The maximum atomic E-state index is 13.6. The number of anilines is 2. The van der Waals surface area contributed by atoms with Gasteiger partial charge in [-0.3, -0.25) is 4.79 Å². The third-order valence-corrected chi connectivity index (χ3v) is 3.40. The van der Waals surface area contributed by atoms with Crippen LogP contribution in [-0.2, 0) is 6.54 Å². The molecule has 126 valence electrons. The number of amides is 1. The molecule has 0 saturated carbocycles. The van der Waals surface area contributed by atoms with E-state index in [1.54, 1.807) is 30.3 Å². The van der Waals surface area contributed by atoms with Gasteiger partial charge in [-0.15, -0.1) is 0 Å². The summed E-state index contributed by atoms with van der Waals surface area (Å²) in [5, 5.41) is 5.43. The van der Waals surface area contributed by atoms with Gasteiger partial charge in [0.15, 0.2) is 0 Å². The SMILES string of the molecule is O=C(NCc1ccc(F)cc1)c1cnc(Nc2ccccc2F)nc1. The van der Waals surface area contributed by atoms with Gasteiger partial charge < -0.3 is 10.6 Å². The minimum atomic E-state index is -0.424. The predicted octanol–water partition coefficient (Wildman–Crippen LogP) is 3.43. The molecule has 3 rings (SSSR count). The summed E-state index contributed by atoms with van der Waals surface area (Å²) in [5.74, 6) is -0.935. The first-order valence-corrected chi connectivity index (χ1v) is 7.48. The van der Waals surface area contributed by atoms with Crippen LogP contribution in [0.25, 0.3) is 0 Å². The molecule has 1 aromatic heterocycles. The van der Waals surface area contributed by atoms with Gasteiger partial charge in [-0.05, 0) is 29.8 Å². The van der Waals surface area contributed by atoms with E-state index in [4.69, 9.17) is 0 Å². The van der Waals surface area contributed by atoms with Crippen LogP contribution in [0.2, 0.25) is 0 Å². The molecule has 0 unspecified atom stereocenters. The number of nitrogens with one attached hydrogen (secondary N) is 2. The molecule has 2 aromatic carbocycles. The van der Waals surface area contributed by atoms with Gasteiger partial charge in [0.05, 0.1) is 11.3 Å². The molecule has 0 aliphatic heterocycles. The van der Waals surface area contributed by atoms with E-state index in [2.05, 4.69) is 20.6 Å². The smallest absolute Gasteiger partial charge is 0.254 e. The first-order chi connectivity index (χ1) is 12.1. The van der Waals surface area contributed by atoms with E-state index < -0.39 is 5.82 Å². The molecular formula is C18H14F2N4O. The summed E-state index contributed by atoms with van der Waals surface area (Å²) in [4.78, 5) is 20.1.